The van der Waals surface area contributed by atoms with E-state index in [0.29, 0.717) is 25.6 Å². The van der Waals surface area contributed by atoms with Gasteiger partial charge in [0.2, 0.25) is 5.91 Å². The van der Waals surface area contributed by atoms with Gasteiger partial charge in [0.15, 0.2) is 0 Å². The third-order valence-electron chi connectivity index (χ3n) is 11.9. The van der Waals surface area contributed by atoms with Crippen LogP contribution in [0.25, 0.3) is 27.7 Å². The quantitative estimate of drug-likeness (QED) is 0.290. The lowest BCUT2D eigenvalue weighted by molar-refractivity contribution is -0.135. The maximum Gasteiger partial charge on any atom is 0.303 e. The van der Waals surface area contributed by atoms with Crippen molar-refractivity contribution in [2.24, 2.45) is 5.41 Å². The number of ether oxygens (including phenoxy) is 1. The first-order chi connectivity index (χ1) is 25.0. The summed E-state index contributed by atoms with van der Waals surface area (Å²) in [5.74, 6) is 0.521. The van der Waals surface area contributed by atoms with Gasteiger partial charge in [-0.3, -0.25) is 9.59 Å². The molecule has 3 aromatic rings. The Hall–Kier alpha value is -3.71. The first-order valence-corrected chi connectivity index (χ1v) is 20.5. The zero-order valence-electron chi connectivity index (χ0n) is 31.4. The third-order valence-corrected chi connectivity index (χ3v) is 13.3. The second-order valence-electron chi connectivity index (χ2n) is 15.1. The van der Waals surface area contributed by atoms with Gasteiger partial charge >= 0.3 is 10.2 Å². The van der Waals surface area contributed by atoms with E-state index in [1.54, 1.807) is 13.2 Å². The van der Waals surface area contributed by atoms with E-state index < -0.39 is 21.5 Å². The van der Waals surface area contributed by atoms with Gasteiger partial charge in [-0.1, -0.05) is 45.3 Å². The average Bonchev–Trinajstić information content (AvgIpc) is 3.87. The molecule has 11 nitrogen and oxygen atoms in total. The lowest BCUT2D eigenvalue weighted by atomic mass is 9.81. The van der Waals surface area contributed by atoms with Crippen LogP contribution in [0.2, 0.25) is 0 Å². The zero-order valence-corrected chi connectivity index (χ0v) is 32.2. The molecule has 7 rings (SSSR count). The van der Waals surface area contributed by atoms with Crippen molar-refractivity contribution in [3.63, 3.8) is 0 Å². The zero-order chi connectivity index (χ0) is 36.8. The van der Waals surface area contributed by atoms with Gasteiger partial charge < -0.3 is 24.0 Å². The Kier molecular flexibility index (Phi) is 10.3. The topological polar surface area (TPSA) is 107 Å². The highest BCUT2D eigenvalue weighted by atomic mass is 32.2. The van der Waals surface area contributed by atoms with Crippen molar-refractivity contribution in [1.82, 2.24) is 28.3 Å². The van der Waals surface area contributed by atoms with E-state index in [4.69, 9.17) is 4.74 Å². The number of aromatic nitrogens is 1. The predicted molar refractivity (Wildman–Crippen MR) is 206 cm³/mol. The number of likely N-dealkylation sites (N-methyl/N-ethyl adjacent to an activating group) is 1. The molecule has 0 bridgehead atoms. The van der Waals surface area contributed by atoms with Gasteiger partial charge in [0, 0.05) is 75.4 Å². The van der Waals surface area contributed by atoms with Crippen LogP contribution >= 0.6 is 0 Å². The molecule has 0 radical (unpaired) electrons. The summed E-state index contributed by atoms with van der Waals surface area (Å²) in [6.45, 7) is 12.2. The Labute approximate surface area is 308 Å². The van der Waals surface area contributed by atoms with E-state index in [1.807, 2.05) is 18.2 Å². The van der Waals surface area contributed by atoms with E-state index >= 15 is 0 Å². The summed E-state index contributed by atoms with van der Waals surface area (Å²) in [5.41, 5.74) is 5.76. The van der Waals surface area contributed by atoms with E-state index in [-0.39, 0.29) is 11.5 Å². The summed E-state index contributed by atoms with van der Waals surface area (Å²) >= 11 is 0. The molecule has 1 saturated heterocycles. The number of hydrogen-bond donors (Lipinski definition) is 1. The molecule has 3 heterocycles. The van der Waals surface area contributed by atoms with Gasteiger partial charge in [0.05, 0.1) is 12.8 Å². The van der Waals surface area contributed by atoms with Crippen LogP contribution in [0.3, 0.4) is 0 Å². The summed E-state index contributed by atoms with van der Waals surface area (Å²) in [7, 11) is 0.469. The molecule has 52 heavy (non-hydrogen) atoms. The number of methoxy groups -OCH3 is 1. The van der Waals surface area contributed by atoms with Crippen molar-refractivity contribution in [3.8, 4) is 17.0 Å². The molecule has 2 amide bonds. The summed E-state index contributed by atoms with van der Waals surface area (Å²) in [6.07, 6.45) is 8.76. The molecule has 12 heteroatoms. The van der Waals surface area contributed by atoms with Gasteiger partial charge in [-0.15, -0.1) is 0 Å². The van der Waals surface area contributed by atoms with Crippen LogP contribution in [0.4, 0.5) is 0 Å². The molecular weight excluding hydrogens is 677 g/mol. The number of amides is 2. The highest BCUT2D eigenvalue weighted by Crippen LogP contribution is 2.60. The van der Waals surface area contributed by atoms with Crippen LogP contribution < -0.4 is 9.46 Å². The number of nitrogens with one attached hydrogen (secondary N) is 1. The van der Waals surface area contributed by atoms with Crippen molar-refractivity contribution in [2.45, 2.75) is 64.8 Å². The standard InChI is InChI=1S/C40H54N6O5S/c1-6-43(7-2)20-21-44-18-11-19-45(23-22-44)39(48)40-26-34(40)33-25-30(51-5)15-17-31(33)37-36(28-12-9-8-10-13-28)32-16-14-29(24-35(32)46(37)27-40)38(47)41-52(49,50)42(3)4/h14-17,24-26,28H,6-13,18-23,27H2,1-5H3,(H,41,47). The monoisotopic (exact) mass is 730 g/mol. The summed E-state index contributed by atoms with van der Waals surface area (Å²) < 4.78 is 36.5. The molecule has 4 aliphatic rings. The largest absolute Gasteiger partial charge is 0.497 e. The fraction of sp³-hybridized carbons (Fsp3) is 0.550. The molecule has 1 N–H and O–H groups in total. The second-order valence-corrected chi connectivity index (χ2v) is 17.0. The van der Waals surface area contributed by atoms with Crippen molar-refractivity contribution in [1.29, 1.82) is 0 Å². The number of carbonyl (C=O) groups excluding carboxylic acids is 2. The van der Waals surface area contributed by atoms with Gasteiger partial charge in [-0.05, 0) is 91.8 Å². The highest BCUT2D eigenvalue weighted by Gasteiger charge is 2.56. The number of fused-ring (bicyclic) bond motifs is 7. The Balaban J connectivity index is 1.31. The number of benzene rings is 2. The Bertz CT molecular complexity index is 1990. The first-order valence-electron chi connectivity index (χ1n) is 19.1. The molecule has 1 aromatic heterocycles. The summed E-state index contributed by atoms with van der Waals surface area (Å²) in [5, 5.41) is 1.06. The van der Waals surface area contributed by atoms with Crippen LogP contribution in [-0.4, -0.2) is 117 Å². The average molecular weight is 731 g/mol. The van der Waals surface area contributed by atoms with Crippen molar-refractivity contribution >= 4 is 38.5 Å². The van der Waals surface area contributed by atoms with Crippen molar-refractivity contribution in [3.05, 3.63) is 59.2 Å². The molecule has 280 valence electrons. The lowest BCUT2D eigenvalue weighted by Gasteiger charge is -2.28. The molecular formula is C40H54N6O5S. The van der Waals surface area contributed by atoms with Crippen LogP contribution in [0.1, 0.15) is 79.8 Å². The van der Waals surface area contributed by atoms with Gasteiger partial charge in [-0.25, -0.2) is 4.72 Å². The molecule has 2 aliphatic carbocycles. The minimum atomic E-state index is -3.98. The van der Waals surface area contributed by atoms with Gasteiger partial charge in [-0.2, -0.15) is 12.7 Å². The van der Waals surface area contributed by atoms with E-state index in [1.165, 1.54) is 26.1 Å². The first kappa shape index (κ1) is 36.6. The number of nitrogens with zero attached hydrogens (tertiary/aromatic N) is 5. The molecule has 2 aromatic carbocycles. The van der Waals surface area contributed by atoms with Crippen molar-refractivity contribution < 1.29 is 22.7 Å². The Morgan fingerprint density at radius 3 is 2.42 bits per heavy atom. The normalized spacial score (nSPS) is 20.9. The minimum Gasteiger partial charge on any atom is -0.497 e. The van der Waals surface area contributed by atoms with Gasteiger partial charge in [0.1, 0.15) is 11.2 Å². The summed E-state index contributed by atoms with van der Waals surface area (Å²) in [6, 6.07) is 11.7. The SMILES string of the molecule is CCN(CC)CCN1CCCN(C(=O)C23C=C2c2cc(OC)ccc2-c2c(C4CCCCC4)c4ccc(C(=O)NS(=O)(=O)N(C)C)cc4n2C3)CC1. The van der Waals surface area contributed by atoms with Crippen molar-refractivity contribution in [2.75, 3.05) is 73.6 Å². The number of rotatable bonds is 11. The predicted octanol–water partition coefficient (Wildman–Crippen LogP) is 5.17. The summed E-state index contributed by atoms with van der Waals surface area (Å²) in [4.78, 5) is 35.4. The smallest absolute Gasteiger partial charge is 0.303 e. The fourth-order valence-electron chi connectivity index (χ4n) is 8.78. The molecule has 1 atom stereocenters. The second kappa shape index (κ2) is 14.6. The number of carbonyl (C=O) groups is 2. The highest BCUT2D eigenvalue weighted by molar-refractivity contribution is 7.87. The number of hydrogen-bond acceptors (Lipinski definition) is 7. The lowest BCUT2D eigenvalue weighted by Crippen LogP contribution is -2.43. The molecule has 0 spiro atoms. The maximum atomic E-state index is 15.0. The fourth-order valence-corrected chi connectivity index (χ4v) is 9.31. The maximum absolute atomic E-state index is 15.0. The molecule has 2 aliphatic heterocycles. The van der Waals surface area contributed by atoms with Gasteiger partial charge in [0.25, 0.3) is 5.91 Å². The van der Waals surface area contributed by atoms with Crippen LogP contribution in [0.5, 0.6) is 5.75 Å². The molecule has 2 fully saturated rings. The van der Waals surface area contributed by atoms with E-state index in [9.17, 15) is 18.0 Å². The third kappa shape index (κ3) is 6.67. The van der Waals surface area contributed by atoms with Crippen LogP contribution in [0.15, 0.2) is 42.5 Å². The molecule has 1 saturated carbocycles. The van der Waals surface area contributed by atoms with E-state index in [0.717, 1.165) is 115 Å². The van der Waals surface area contributed by atoms with Crippen LogP contribution in [0, 0.1) is 5.41 Å². The minimum absolute atomic E-state index is 0.127. The Morgan fingerprint density at radius 1 is 0.942 bits per heavy atom. The van der Waals surface area contributed by atoms with Crippen LogP contribution in [-0.2, 0) is 21.5 Å². The van der Waals surface area contributed by atoms with E-state index in [2.05, 4.69) is 56.0 Å². The Morgan fingerprint density at radius 2 is 1.71 bits per heavy atom. The molecule has 1 unspecified atom stereocenters.